The molecule has 0 fully saturated rings. The van der Waals surface area contributed by atoms with Crippen molar-refractivity contribution in [3.8, 4) is 11.5 Å². The number of benzene rings is 2. The highest BCUT2D eigenvalue weighted by Gasteiger charge is 2.21. The molecular formula is C23H29NO2. The van der Waals surface area contributed by atoms with Gasteiger partial charge in [0.1, 0.15) is 11.5 Å². The molecule has 3 heteroatoms. The van der Waals surface area contributed by atoms with Crippen molar-refractivity contribution in [2.75, 3.05) is 20.6 Å². The second-order valence-corrected chi connectivity index (χ2v) is 7.71. The van der Waals surface area contributed by atoms with E-state index in [9.17, 15) is 10.2 Å². The van der Waals surface area contributed by atoms with E-state index in [4.69, 9.17) is 0 Å². The van der Waals surface area contributed by atoms with Crippen LogP contribution < -0.4 is 0 Å². The van der Waals surface area contributed by atoms with E-state index in [0.29, 0.717) is 17.4 Å². The van der Waals surface area contributed by atoms with Crippen molar-refractivity contribution in [3.05, 3.63) is 65.2 Å². The third-order valence-corrected chi connectivity index (χ3v) is 5.15. The Hall–Kier alpha value is -2.26. The van der Waals surface area contributed by atoms with Crippen LogP contribution in [0.25, 0.3) is 5.57 Å². The predicted octanol–water partition coefficient (Wildman–Crippen LogP) is 4.85. The Morgan fingerprint density at radius 2 is 1.73 bits per heavy atom. The molecule has 3 nitrogen and oxygen atoms in total. The zero-order valence-corrected chi connectivity index (χ0v) is 15.8. The summed E-state index contributed by atoms with van der Waals surface area (Å²) >= 11 is 0. The Balaban J connectivity index is 1.89. The van der Waals surface area contributed by atoms with Crippen LogP contribution in [0.15, 0.2) is 54.1 Å². The van der Waals surface area contributed by atoms with Gasteiger partial charge in [0.2, 0.25) is 0 Å². The van der Waals surface area contributed by atoms with Gasteiger partial charge in [-0.2, -0.15) is 0 Å². The molecule has 0 radical (unpaired) electrons. The fourth-order valence-electron chi connectivity index (χ4n) is 4.05. The van der Waals surface area contributed by atoms with Gasteiger partial charge in [0, 0.05) is 6.54 Å². The molecule has 0 amide bonds. The van der Waals surface area contributed by atoms with Gasteiger partial charge in [-0.05, 0) is 93.1 Å². The molecule has 1 aliphatic rings. The smallest absolute Gasteiger partial charge is 0.116 e. The molecule has 0 saturated heterocycles. The predicted molar refractivity (Wildman–Crippen MR) is 107 cm³/mol. The summed E-state index contributed by atoms with van der Waals surface area (Å²) in [5, 5.41) is 19.7. The van der Waals surface area contributed by atoms with Crippen molar-refractivity contribution in [1.82, 2.24) is 4.90 Å². The minimum Gasteiger partial charge on any atom is -0.508 e. The van der Waals surface area contributed by atoms with Gasteiger partial charge in [0.05, 0.1) is 0 Å². The minimum absolute atomic E-state index is 0.327. The van der Waals surface area contributed by atoms with E-state index >= 15 is 0 Å². The van der Waals surface area contributed by atoms with Crippen molar-refractivity contribution in [2.45, 2.75) is 32.1 Å². The molecule has 0 saturated carbocycles. The average Bonchev–Trinajstić information content (AvgIpc) is 2.77. The fraction of sp³-hybridized carbons (Fsp3) is 0.391. The third kappa shape index (κ3) is 4.89. The monoisotopic (exact) mass is 351 g/mol. The summed E-state index contributed by atoms with van der Waals surface area (Å²) in [6.45, 7) is 0.962. The lowest BCUT2D eigenvalue weighted by Crippen LogP contribution is -2.16. The Morgan fingerprint density at radius 1 is 1.00 bits per heavy atom. The molecule has 0 aromatic heterocycles. The number of phenolic OH excluding ortho intramolecular Hbond substituents is 2. The van der Waals surface area contributed by atoms with Crippen LogP contribution in [0, 0.1) is 5.92 Å². The van der Waals surface area contributed by atoms with Crippen LogP contribution in [0.1, 0.15) is 36.8 Å². The summed E-state index contributed by atoms with van der Waals surface area (Å²) in [6, 6.07) is 15.3. The van der Waals surface area contributed by atoms with Gasteiger partial charge >= 0.3 is 0 Å². The summed E-state index contributed by atoms with van der Waals surface area (Å²) in [5.74, 6) is 1.22. The lowest BCUT2D eigenvalue weighted by Gasteiger charge is -2.20. The highest BCUT2D eigenvalue weighted by atomic mass is 16.3. The Morgan fingerprint density at radius 3 is 2.42 bits per heavy atom. The Bertz CT molecular complexity index is 779. The van der Waals surface area contributed by atoms with Crippen LogP contribution in [0.5, 0.6) is 11.5 Å². The van der Waals surface area contributed by atoms with Gasteiger partial charge in [-0.3, -0.25) is 0 Å². The molecule has 2 aromatic rings. The van der Waals surface area contributed by atoms with Gasteiger partial charge in [-0.1, -0.05) is 29.8 Å². The maximum Gasteiger partial charge on any atom is 0.116 e. The van der Waals surface area contributed by atoms with E-state index in [1.807, 2.05) is 24.3 Å². The van der Waals surface area contributed by atoms with E-state index in [1.165, 1.54) is 29.6 Å². The lowest BCUT2D eigenvalue weighted by molar-refractivity contribution is 0.436. The lowest BCUT2D eigenvalue weighted by atomic mass is 9.87. The van der Waals surface area contributed by atoms with Crippen LogP contribution in [0.4, 0.5) is 0 Å². The summed E-state index contributed by atoms with van der Waals surface area (Å²) in [6.07, 6.45) is 5.48. The molecule has 26 heavy (non-hydrogen) atoms. The first-order chi connectivity index (χ1) is 12.5. The normalized spacial score (nSPS) is 18.2. The summed E-state index contributed by atoms with van der Waals surface area (Å²) in [7, 11) is 4.23. The molecule has 2 N–H and O–H groups in total. The highest BCUT2D eigenvalue weighted by molar-refractivity contribution is 5.70. The number of rotatable bonds is 5. The average molecular weight is 351 g/mol. The van der Waals surface area contributed by atoms with Crippen LogP contribution in [0.3, 0.4) is 0 Å². The molecule has 0 bridgehead atoms. The first-order valence-electron chi connectivity index (χ1n) is 9.44. The first kappa shape index (κ1) is 18.5. The van der Waals surface area contributed by atoms with E-state index in [1.54, 1.807) is 12.1 Å². The van der Waals surface area contributed by atoms with E-state index in [2.05, 4.69) is 31.1 Å². The molecule has 138 valence electrons. The van der Waals surface area contributed by atoms with E-state index in [0.717, 1.165) is 31.4 Å². The summed E-state index contributed by atoms with van der Waals surface area (Å²) < 4.78 is 0. The number of allylic oxidation sites excluding steroid dienone is 1. The largest absolute Gasteiger partial charge is 0.508 e. The molecular weight excluding hydrogens is 322 g/mol. The van der Waals surface area contributed by atoms with Crippen molar-refractivity contribution >= 4 is 5.57 Å². The van der Waals surface area contributed by atoms with E-state index in [-0.39, 0.29) is 0 Å². The summed E-state index contributed by atoms with van der Waals surface area (Å²) in [4.78, 5) is 2.23. The SMILES string of the molecule is CN(C)CC1=C(c2cccc(O)c2)CC(Cc2cccc(O)c2)CCC1. The van der Waals surface area contributed by atoms with Gasteiger partial charge in [0.25, 0.3) is 0 Å². The van der Waals surface area contributed by atoms with Crippen LogP contribution in [0.2, 0.25) is 0 Å². The van der Waals surface area contributed by atoms with Crippen LogP contribution in [-0.4, -0.2) is 35.8 Å². The highest BCUT2D eigenvalue weighted by Crippen LogP contribution is 2.37. The molecule has 1 atom stereocenters. The molecule has 1 unspecified atom stereocenters. The second kappa shape index (κ2) is 8.41. The zero-order valence-electron chi connectivity index (χ0n) is 15.8. The molecule has 2 aromatic carbocycles. The molecule has 1 aliphatic carbocycles. The van der Waals surface area contributed by atoms with Crippen molar-refractivity contribution < 1.29 is 10.2 Å². The number of nitrogens with zero attached hydrogens (tertiary/aromatic N) is 1. The topological polar surface area (TPSA) is 43.7 Å². The van der Waals surface area contributed by atoms with Crippen molar-refractivity contribution in [1.29, 1.82) is 0 Å². The van der Waals surface area contributed by atoms with Crippen LogP contribution >= 0.6 is 0 Å². The van der Waals surface area contributed by atoms with Gasteiger partial charge < -0.3 is 15.1 Å². The maximum atomic E-state index is 9.95. The number of phenols is 2. The van der Waals surface area contributed by atoms with Crippen molar-refractivity contribution in [2.24, 2.45) is 5.92 Å². The van der Waals surface area contributed by atoms with Gasteiger partial charge in [0.15, 0.2) is 0 Å². The number of hydrogen-bond donors (Lipinski definition) is 2. The van der Waals surface area contributed by atoms with E-state index < -0.39 is 0 Å². The molecule has 3 rings (SSSR count). The fourth-order valence-corrected chi connectivity index (χ4v) is 4.05. The maximum absolute atomic E-state index is 9.95. The summed E-state index contributed by atoms with van der Waals surface area (Å²) in [5.41, 5.74) is 5.21. The second-order valence-electron chi connectivity index (χ2n) is 7.71. The van der Waals surface area contributed by atoms with Gasteiger partial charge in [-0.25, -0.2) is 0 Å². The Kier molecular flexibility index (Phi) is 6.00. The minimum atomic E-state index is 0.327. The number of hydrogen-bond acceptors (Lipinski definition) is 3. The van der Waals surface area contributed by atoms with Crippen LogP contribution in [-0.2, 0) is 6.42 Å². The zero-order chi connectivity index (χ0) is 18.5. The van der Waals surface area contributed by atoms with Gasteiger partial charge in [-0.15, -0.1) is 0 Å². The third-order valence-electron chi connectivity index (χ3n) is 5.15. The quantitative estimate of drug-likeness (QED) is 0.809. The number of likely N-dealkylation sites (N-methyl/N-ethyl adjacent to an activating group) is 1. The Labute approximate surface area is 156 Å². The standard InChI is InChI=1S/C23H29NO2/c1-24(2)16-20-9-3-6-18(12-17-7-4-10-21(25)13-17)14-23(20)19-8-5-11-22(26)15-19/h4-5,7-8,10-11,13,15,18,25-26H,3,6,9,12,14,16H2,1-2H3. The first-order valence-corrected chi connectivity index (χ1v) is 9.44. The number of aromatic hydroxyl groups is 2. The molecule has 0 heterocycles. The van der Waals surface area contributed by atoms with Crippen molar-refractivity contribution in [3.63, 3.8) is 0 Å². The molecule has 0 spiro atoms. The molecule has 0 aliphatic heterocycles.